The van der Waals surface area contributed by atoms with Crippen LogP contribution in [0.15, 0.2) is 54.2 Å². The summed E-state index contributed by atoms with van der Waals surface area (Å²) < 4.78 is 30.5. The molecule has 10 heteroatoms. The number of nitrogens with one attached hydrogen (secondary N) is 1. The van der Waals surface area contributed by atoms with Gasteiger partial charge in [0.1, 0.15) is 11.3 Å². The summed E-state index contributed by atoms with van der Waals surface area (Å²) in [5.74, 6) is -0.627. The number of hydrogen-bond acceptors (Lipinski definition) is 5. The van der Waals surface area contributed by atoms with Crippen LogP contribution in [-0.2, 0) is 0 Å². The number of aromatic nitrogens is 3. The van der Waals surface area contributed by atoms with Gasteiger partial charge in [-0.05, 0) is 35.7 Å². The number of amides is 1. The van der Waals surface area contributed by atoms with E-state index in [1.807, 2.05) is 23.6 Å². The van der Waals surface area contributed by atoms with Crippen LogP contribution in [0.4, 0.5) is 14.5 Å². The first-order valence-electron chi connectivity index (χ1n) is 7.95. The van der Waals surface area contributed by atoms with Gasteiger partial charge < -0.3 is 10.1 Å². The molecule has 4 rings (SSSR count). The molecule has 3 heterocycles. The molecule has 0 atom stereocenters. The lowest BCUT2D eigenvalue weighted by molar-refractivity contribution is -0.0497. The topological polar surface area (TPSA) is 68.5 Å². The second kappa shape index (κ2) is 7.53. The summed E-state index contributed by atoms with van der Waals surface area (Å²) in [7, 11) is 0. The number of halogens is 3. The summed E-state index contributed by atoms with van der Waals surface area (Å²) in [6, 6.07) is 9.69. The second-order valence-corrected chi connectivity index (χ2v) is 6.93. The number of fused-ring (bicyclic) bond motifs is 1. The minimum Gasteiger partial charge on any atom is -0.433 e. The third-order valence-corrected chi connectivity index (χ3v) is 5.01. The minimum absolute atomic E-state index is 0.0453. The fourth-order valence-electron chi connectivity index (χ4n) is 2.63. The molecule has 0 aliphatic heterocycles. The third-order valence-electron chi connectivity index (χ3n) is 3.83. The molecule has 0 spiro atoms. The van der Waals surface area contributed by atoms with Crippen LogP contribution < -0.4 is 10.1 Å². The van der Waals surface area contributed by atoms with Gasteiger partial charge in [-0.2, -0.15) is 13.9 Å². The lowest BCUT2D eigenvalue weighted by Gasteiger charge is -2.09. The van der Waals surface area contributed by atoms with Crippen molar-refractivity contribution in [3.63, 3.8) is 0 Å². The number of anilines is 1. The highest BCUT2D eigenvalue weighted by atomic mass is 35.5. The van der Waals surface area contributed by atoms with Gasteiger partial charge in [0.2, 0.25) is 0 Å². The maximum absolute atomic E-state index is 12.7. The van der Waals surface area contributed by atoms with Gasteiger partial charge in [0, 0.05) is 11.9 Å². The Balaban J connectivity index is 1.62. The molecule has 0 aliphatic rings. The molecule has 0 fully saturated rings. The SMILES string of the molecule is O=C(Nc1ccc(OC(F)F)c(Cl)c1)c1cnn2c(-c3cccs3)ccnc12. The summed E-state index contributed by atoms with van der Waals surface area (Å²) in [6.07, 6.45) is 3.03. The van der Waals surface area contributed by atoms with E-state index in [-0.39, 0.29) is 16.3 Å². The van der Waals surface area contributed by atoms with E-state index >= 15 is 0 Å². The Morgan fingerprint density at radius 3 is 2.86 bits per heavy atom. The van der Waals surface area contributed by atoms with E-state index < -0.39 is 12.5 Å². The Kier molecular flexibility index (Phi) is 4.93. The smallest absolute Gasteiger partial charge is 0.387 e. The molecule has 28 heavy (non-hydrogen) atoms. The highest BCUT2D eigenvalue weighted by molar-refractivity contribution is 7.13. The summed E-state index contributed by atoms with van der Waals surface area (Å²) in [5.41, 5.74) is 1.80. The second-order valence-electron chi connectivity index (χ2n) is 5.58. The molecule has 142 valence electrons. The van der Waals surface area contributed by atoms with E-state index in [2.05, 4.69) is 20.1 Å². The summed E-state index contributed by atoms with van der Waals surface area (Å²) in [5, 5.41) is 8.83. The number of hydrogen-bond donors (Lipinski definition) is 1. The highest BCUT2D eigenvalue weighted by Gasteiger charge is 2.17. The van der Waals surface area contributed by atoms with Crippen LogP contribution >= 0.6 is 22.9 Å². The lowest BCUT2D eigenvalue weighted by Crippen LogP contribution is -2.12. The molecule has 3 aromatic heterocycles. The van der Waals surface area contributed by atoms with Gasteiger partial charge in [0.05, 0.1) is 21.8 Å². The van der Waals surface area contributed by atoms with Crippen molar-refractivity contribution in [3.05, 3.63) is 64.8 Å². The zero-order valence-electron chi connectivity index (χ0n) is 14.0. The molecule has 0 saturated carbocycles. The molecule has 1 aromatic carbocycles. The molecular formula is C18H11ClF2N4O2S. The van der Waals surface area contributed by atoms with Crippen molar-refractivity contribution in [2.75, 3.05) is 5.32 Å². The van der Waals surface area contributed by atoms with Crippen molar-refractivity contribution in [2.24, 2.45) is 0 Å². The van der Waals surface area contributed by atoms with Crippen LogP contribution in [0.5, 0.6) is 5.75 Å². The van der Waals surface area contributed by atoms with Crippen molar-refractivity contribution >= 4 is 40.2 Å². The summed E-state index contributed by atoms with van der Waals surface area (Å²) in [6.45, 7) is -2.99. The predicted octanol–water partition coefficient (Wildman–Crippen LogP) is 4.96. The van der Waals surface area contributed by atoms with Crippen LogP contribution in [0.25, 0.3) is 16.2 Å². The number of rotatable bonds is 5. The first-order chi connectivity index (χ1) is 13.5. The van der Waals surface area contributed by atoms with Crippen molar-refractivity contribution in [1.82, 2.24) is 14.6 Å². The normalized spacial score (nSPS) is 11.1. The van der Waals surface area contributed by atoms with Crippen LogP contribution in [0.2, 0.25) is 5.02 Å². The maximum Gasteiger partial charge on any atom is 0.387 e. The van der Waals surface area contributed by atoms with Crippen molar-refractivity contribution < 1.29 is 18.3 Å². The van der Waals surface area contributed by atoms with Gasteiger partial charge in [-0.25, -0.2) is 9.50 Å². The average Bonchev–Trinajstić information content (AvgIpc) is 3.33. The van der Waals surface area contributed by atoms with Crippen LogP contribution in [0, 0.1) is 0 Å². The quantitative estimate of drug-likeness (QED) is 0.495. The first-order valence-corrected chi connectivity index (χ1v) is 9.21. The molecule has 1 N–H and O–H groups in total. The maximum atomic E-state index is 12.7. The first kappa shape index (κ1) is 18.3. The Morgan fingerprint density at radius 2 is 2.14 bits per heavy atom. The third kappa shape index (κ3) is 3.54. The van der Waals surface area contributed by atoms with Gasteiger partial charge in [-0.1, -0.05) is 17.7 Å². The van der Waals surface area contributed by atoms with Crippen LogP contribution in [-0.4, -0.2) is 27.1 Å². The van der Waals surface area contributed by atoms with E-state index in [1.54, 1.807) is 22.0 Å². The lowest BCUT2D eigenvalue weighted by atomic mass is 10.2. The van der Waals surface area contributed by atoms with Crippen molar-refractivity contribution in [2.45, 2.75) is 6.61 Å². The summed E-state index contributed by atoms with van der Waals surface area (Å²) in [4.78, 5) is 17.9. The van der Waals surface area contributed by atoms with Gasteiger partial charge >= 0.3 is 6.61 Å². The Hall–Kier alpha value is -3.04. The van der Waals surface area contributed by atoms with Gasteiger partial charge in [-0.3, -0.25) is 4.79 Å². The number of carbonyl (C=O) groups is 1. The predicted molar refractivity (Wildman–Crippen MR) is 102 cm³/mol. The van der Waals surface area contributed by atoms with Gasteiger partial charge in [-0.15, -0.1) is 11.3 Å². The Bertz CT molecular complexity index is 1150. The molecule has 0 saturated heterocycles. The standard InChI is InChI=1S/C18H11ClF2N4O2S/c19-12-8-10(3-4-14(12)27-18(20)21)24-17(26)11-9-23-25-13(5-6-22-16(11)25)15-2-1-7-28-15/h1-9,18H,(H,24,26). The molecular weight excluding hydrogens is 410 g/mol. The fraction of sp³-hybridized carbons (Fsp3) is 0.0556. The van der Waals surface area contributed by atoms with Crippen molar-refractivity contribution in [1.29, 1.82) is 0 Å². The molecule has 1 amide bonds. The van der Waals surface area contributed by atoms with Gasteiger partial charge in [0.25, 0.3) is 5.91 Å². The number of ether oxygens (including phenoxy) is 1. The van der Waals surface area contributed by atoms with Gasteiger partial charge in [0.15, 0.2) is 5.65 Å². The number of nitrogens with zero attached hydrogens (tertiary/aromatic N) is 3. The highest BCUT2D eigenvalue weighted by Crippen LogP contribution is 2.29. The largest absolute Gasteiger partial charge is 0.433 e. The van der Waals surface area contributed by atoms with E-state index in [1.165, 1.54) is 24.4 Å². The number of thiophene rings is 1. The molecule has 0 radical (unpaired) electrons. The molecule has 0 unspecified atom stereocenters. The number of benzene rings is 1. The minimum atomic E-state index is -2.99. The van der Waals surface area contributed by atoms with Crippen molar-refractivity contribution in [3.8, 4) is 16.3 Å². The Morgan fingerprint density at radius 1 is 1.29 bits per heavy atom. The zero-order valence-corrected chi connectivity index (χ0v) is 15.5. The van der Waals surface area contributed by atoms with E-state index in [0.29, 0.717) is 11.3 Å². The van der Waals surface area contributed by atoms with Crippen LogP contribution in [0.3, 0.4) is 0 Å². The number of carbonyl (C=O) groups excluding carboxylic acids is 1. The molecule has 6 nitrogen and oxygen atoms in total. The monoisotopic (exact) mass is 420 g/mol. The summed E-state index contributed by atoms with van der Waals surface area (Å²) >= 11 is 7.47. The van der Waals surface area contributed by atoms with E-state index in [0.717, 1.165) is 10.6 Å². The fourth-order valence-corrected chi connectivity index (χ4v) is 3.59. The van der Waals surface area contributed by atoms with E-state index in [4.69, 9.17) is 11.6 Å². The van der Waals surface area contributed by atoms with E-state index in [9.17, 15) is 13.6 Å². The Labute approximate surface area is 166 Å². The van der Waals surface area contributed by atoms with Crippen LogP contribution in [0.1, 0.15) is 10.4 Å². The molecule has 0 bridgehead atoms. The average molecular weight is 421 g/mol. The number of alkyl halides is 2. The molecule has 4 aromatic rings. The zero-order chi connectivity index (χ0) is 19.7. The molecule has 0 aliphatic carbocycles.